The Kier molecular flexibility index (Phi) is 18.8. The van der Waals surface area contributed by atoms with Gasteiger partial charge in [0, 0.05) is 148 Å². The van der Waals surface area contributed by atoms with Gasteiger partial charge in [0.05, 0.1) is 27.4 Å². The van der Waals surface area contributed by atoms with Crippen molar-refractivity contribution in [3.05, 3.63) is 156 Å². The van der Waals surface area contributed by atoms with Crippen molar-refractivity contribution < 1.29 is 18.9 Å². The molecule has 14 heteroatoms. The summed E-state index contributed by atoms with van der Waals surface area (Å²) >= 11 is 0. The first kappa shape index (κ1) is 63.5. The number of hydrogen-bond acceptors (Lipinski definition) is 9. The van der Waals surface area contributed by atoms with Gasteiger partial charge in [-0.2, -0.15) is 0 Å². The van der Waals surface area contributed by atoms with Gasteiger partial charge in [0.1, 0.15) is 23.0 Å². The number of nitrogens with zero attached hydrogens (tertiary/aromatic N) is 5. The average Bonchev–Trinajstić information content (AvgIpc) is 1.67. The molecule has 0 spiro atoms. The number of aromatic nitrogens is 5. The number of H-pyrrole nitrogens is 5. The van der Waals surface area contributed by atoms with E-state index in [1.54, 1.807) is 19.8 Å². The fourth-order valence-corrected chi connectivity index (χ4v) is 19.6. The van der Waals surface area contributed by atoms with E-state index in [9.17, 15) is 0 Å². The quantitative estimate of drug-likeness (QED) is 0.0811. The van der Waals surface area contributed by atoms with Crippen molar-refractivity contribution in [2.75, 3.05) is 126 Å². The van der Waals surface area contributed by atoms with Crippen LogP contribution in [-0.2, 0) is 0 Å². The standard InChI is InChI=1S/C18H24N2O.C17H22N2O.2C16H20N2O.C15H18N2/c1-2-9-21-14-3-4-18-15(10-14)16(11-19-18)17-12-20-7-5-13(17)6-8-20;1-2-20-13-3-4-17-14(9-13)15(10-18-17)16-11-19-7-5-12(16)6-8-19;1-19-12-2-3-16-13(8-12)14(9-17-16)15-10-18-6-4-11(15)5-7-18;1-19-15-4-2-3-14-16(15)12(9-17-14)13-10-18-7-5-11(13)6-8-18;1-2-4-15-12(3-1)13(9-16-15)14-10-17-7-5-11(14)6-8-17/h3-4,10-11,13,17,19H,2,5-9,12H2,1H3;3-4,9-10,12,16,18H,2,5-8,11H2,1H3;2-3,8-9,11,15,17H,4-7,10H2,1H3;2-4,9,11,13,17H,5-8,10H2,1H3;1-4,9,11,14,16H,5-8,10H2. The highest BCUT2D eigenvalue weighted by atomic mass is 16.5. The van der Waals surface area contributed by atoms with Gasteiger partial charge in [-0.05, 0) is 273 Å². The summed E-state index contributed by atoms with van der Waals surface area (Å²) in [6, 6.07) is 34.2. The topological polar surface area (TPSA) is 132 Å². The number of para-hydroxylation sites is 1. The molecule has 5 aromatic carbocycles. The predicted molar refractivity (Wildman–Crippen MR) is 391 cm³/mol. The zero-order chi connectivity index (χ0) is 64.6. The minimum absolute atomic E-state index is 0.674. The molecular weight excluding hydrogens is 1190 g/mol. The van der Waals surface area contributed by atoms with Gasteiger partial charge in [-0.25, -0.2) is 0 Å². The van der Waals surface area contributed by atoms with E-state index in [1.165, 1.54) is 239 Å². The Labute approximate surface area is 568 Å². The Bertz CT molecular complexity index is 4210. The summed E-state index contributed by atoms with van der Waals surface area (Å²) in [6.45, 7) is 24.9. The molecule has 0 radical (unpaired) electrons. The van der Waals surface area contributed by atoms with Crippen LogP contribution in [0, 0.1) is 29.6 Å². The summed E-state index contributed by atoms with van der Waals surface area (Å²) in [6.07, 6.45) is 25.9. The minimum Gasteiger partial charge on any atom is -0.497 e. The predicted octanol–water partition coefficient (Wildman–Crippen LogP) is 16.1. The summed E-state index contributed by atoms with van der Waals surface area (Å²) in [5.41, 5.74) is 13.7. The van der Waals surface area contributed by atoms with E-state index in [0.29, 0.717) is 23.7 Å². The first-order valence-electron chi connectivity index (χ1n) is 37.3. The second-order valence-corrected chi connectivity index (χ2v) is 30.0. The molecule has 5 aromatic heterocycles. The molecule has 15 fully saturated rings. The third-order valence-electron chi connectivity index (χ3n) is 24.9. The van der Waals surface area contributed by atoms with Crippen LogP contribution in [0.4, 0.5) is 0 Å². The number of ether oxygens (including phenoxy) is 4. The van der Waals surface area contributed by atoms with Gasteiger partial charge >= 0.3 is 0 Å². The largest absolute Gasteiger partial charge is 0.497 e. The van der Waals surface area contributed by atoms with E-state index in [1.807, 2.05) is 13.0 Å². The van der Waals surface area contributed by atoms with E-state index in [4.69, 9.17) is 18.9 Å². The van der Waals surface area contributed by atoms with Gasteiger partial charge in [-0.1, -0.05) is 31.2 Å². The number of nitrogens with one attached hydrogen (secondary N) is 5. The van der Waals surface area contributed by atoms with Gasteiger partial charge in [0.2, 0.25) is 0 Å². The highest BCUT2D eigenvalue weighted by Crippen LogP contribution is 2.48. The molecule has 0 aliphatic carbocycles. The molecule has 0 saturated carbocycles. The Hall–Kier alpha value is -7.20. The number of benzene rings is 5. The summed E-state index contributed by atoms with van der Waals surface area (Å²) < 4.78 is 22.4. The third kappa shape index (κ3) is 12.9. The van der Waals surface area contributed by atoms with Gasteiger partial charge in [0.25, 0.3) is 0 Å². The average molecular weight is 1290 g/mol. The van der Waals surface area contributed by atoms with E-state index >= 15 is 0 Å². The molecule has 10 aromatic rings. The van der Waals surface area contributed by atoms with Gasteiger partial charge in [-0.15, -0.1) is 0 Å². The lowest BCUT2D eigenvalue weighted by Crippen LogP contribution is -2.46. The number of aromatic amines is 5. The lowest BCUT2D eigenvalue weighted by atomic mass is 9.75. The number of hydrogen-bond donors (Lipinski definition) is 5. The van der Waals surface area contributed by atoms with E-state index in [-0.39, 0.29) is 0 Å². The molecule has 14 nitrogen and oxygen atoms in total. The van der Waals surface area contributed by atoms with Crippen LogP contribution in [0.15, 0.2) is 128 Å². The lowest BCUT2D eigenvalue weighted by Gasteiger charge is -2.44. The number of piperidine rings is 15. The zero-order valence-corrected chi connectivity index (χ0v) is 57.6. The van der Waals surface area contributed by atoms with Crippen molar-refractivity contribution in [1.29, 1.82) is 0 Å². The van der Waals surface area contributed by atoms with E-state index in [0.717, 1.165) is 78.1 Å². The van der Waals surface area contributed by atoms with Crippen molar-refractivity contribution in [3.63, 3.8) is 0 Å². The Morgan fingerprint density at radius 1 is 0.344 bits per heavy atom. The van der Waals surface area contributed by atoms with Crippen molar-refractivity contribution >= 4 is 54.5 Å². The molecule has 5 N–H and O–H groups in total. The van der Waals surface area contributed by atoms with Crippen LogP contribution in [-0.4, -0.2) is 175 Å². The van der Waals surface area contributed by atoms with E-state index < -0.39 is 0 Å². The van der Waals surface area contributed by atoms with Crippen LogP contribution in [0.3, 0.4) is 0 Å². The molecule has 25 rings (SSSR count). The highest BCUT2D eigenvalue weighted by Gasteiger charge is 2.41. The van der Waals surface area contributed by atoms with Crippen LogP contribution in [0.25, 0.3) is 54.5 Å². The van der Waals surface area contributed by atoms with Gasteiger partial charge in [-0.3, -0.25) is 0 Å². The van der Waals surface area contributed by atoms with Crippen LogP contribution < -0.4 is 18.9 Å². The molecule has 0 amide bonds. The fourth-order valence-electron chi connectivity index (χ4n) is 19.6. The molecule has 15 saturated heterocycles. The molecular formula is C82H104N10O4. The number of rotatable bonds is 12. The molecule has 5 atom stereocenters. The molecule has 5 unspecified atom stereocenters. The third-order valence-corrected chi connectivity index (χ3v) is 24.9. The van der Waals surface area contributed by atoms with Gasteiger partial charge < -0.3 is 68.4 Å². The van der Waals surface area contributed by atoms with Crippen LogP contribution >= 0.6 is 0 Å². The van der Waals surface area contributed by atoms with Gasteiger partial charge in [0.15, 0.2) is 0 Å². The number of methoxy groups -OCH3 is 2. The van der Waals surface area contributed by atoms with E-state index in [2.05, 4.69) is 178 Å². The molecule has 96 heavy (non-hydrogen) atoms. The van der Waals surface area contributed by atoms with Crippen molar-refractivity contribution in [2.45, 2.75) is 114 Å². The normalized spacial score (nSPS) is 29.7. The smallest absolute Gasteiger partial charge is 0.128 e. The van der Waals surface area contributed by atoms with Crippen molar-refractivity contribution in [1.82, 2.24) is 49.4 Å². The second-order valence-electron chi connectivity index (χ2n) is 30.0. The first-order chi connectivity index (χ1) is 47.3. The van der Waals surface area contributed by atoms with Crippen molar-refractivity contribution in [3.8, 4) is 23.0 Å². The van der Waals surface area contributed by atoms with Crippen LogP contribution in [0.1, 0.15) is 142 Å². The Morgan fingerprint density at radius 3 is 1.07 bits per heavy atom. The summed E-state index contributed by atoms with van der Waals surface area (Å²) in [5, 5.41) is 6.80. The zero-order valence-electron chi connectivity index (χ0n) is 57.6. The molecule has 15 aliphatic heterocycles. The molecule has 20 heterocycles. The second kappa shape index (κ2) is 28.3. The maximum absolute atomic E-state index is 5.81. The van der Waals surface area contributed by atoms with Crippen LogP contribution in [0.2, 0.25) is 0 Å². The fraction of sp³-hybridized carbons (Fsp3) is 0.512. The first-order valence-corrected chi connectivity index (χ1v) is 37.3. The monoisotopic (exact) mass is 1290 g/mol. The molecule has 506 valence electrons. The summed E-state index contributed by atoms with van der Waals surface area (Å²) in [5.74, 6) is 11.9. The Balaban J connectivity index is 0.0000000945. The Morgan fingerprint density at radius 2 is 0.688 bits per heavy atom. The SMILES string of the molecule is CCCOc1ccc2[nH]cc(C3CN4CCC3CC4)c2c1.CCOc1ccc2[nH]cc(C3CN4CCC3CC4)c2c1.COc1ccc2[nH]cc(C3CN4CCC3CC4)c2c1.COc1cccc2[nH]cc(C3CN4CCC3CC4)c12.c1ccc2c(C3CN4CCC3CC4)c[nH]c2c1. The molecule has 10 bridgehead atoms. The molecule has 15 aliphatic rings. The maximum atomic E-state index is 5.81. The maximum Gasteiger partial charge on any atom is 0.128 e. The number of fused-ring (bicyclic) bond motifs is 20. The highest BCUT2D eigenvalue weighted by molar-refractivity contribution is 5.90. The van der Waals surface area contributed by atoms with Crippen molar-refractivity contribution in [2.24, 2.45) is 29.6 Å². The lowest BCUT2D eigenvalue weighted by molar-refractivity contribution is 0.0876. The summed E-state index contributed by atoms with van der Waals surface area (Å²) in [4.78, 5) is 30.3. The minimum atomic E-state index is 0.674. The van der Waals surface area contributed by atoms with Crippen LogP contribution in [0.5, 0.6) is 23.0 Å². The summed E-state index contributed by atoms with van der Waals surface area (Å²) in [7, 11) is 3.50.